The second-order valence-corrected chi connectivity index (χ2v) is 4.20. The summed E-state index contributed by atoms with van der Waals surface area (Å²) < 4.78 is 37.7. The molecular formula is C11H12F3N. The summed E-state index contributed by atoms with van der Waals surface area (Å²) in [5.74, 6) is -0.841. The normalized spacial score (nSPS) is 18.2. The molecule has 4 heteroatoms. The summed E-state index contributed by atoms with van der Waals surface area (Å²) in [5, 5.41) is 0. The van der Waals surface area contributed by atoms with E-state index in [0.29, 0.717) is 12.0 Å². The predicted octanol–water partition coefficient (Wildman–Crippen LogP) is 2.80. The van der Waals surface area contributed by atoms with Crippen molar-refractivity contribution in [1.82, 2.24) is 0 Å². The Morgan fingerprint density at radius 3 is 2.47 bits per heavy atom. The summed E-state index contributed by atoms with van der Waals surface area (Å²) in [5.41, 5.74) is 5.78. The van der Waals surface area contributed by atoms with Gasteiger partial charge in [-0.15, -0.1) is 0 Å². The molecule has 1 aromatic rings. The van der Waals surface area contributed by atoms with E-state index in [9.17, 15) is 13.2 Å². The minimum atomic E-state index is -2.76. The maximum absolute atomic E-state index is 13.2. The molecule has 0 aromatic heterocycles. The van der Waals surface area contributed by atoms with E-state index < -0.39 is 17.8 Å². The van der Waals surface area contributed by atoms with Gasteiger partial charge in [-0.1, -0.05) is 12.1 Å². The number of halogens is 3. The first-order chi connectivity index (χ1) is 7.00. The number of benzene rings is 1. The molecule has 82 valence electrons. The molecule has 0 bridgehead atoms. The van der Waals surface area contributed by atoms with Gasteiger partial charge in [0.15, 0.2) is 0 Å². The van der Waals surface area contributed by atoms with Crippen molar-refractivity contribution in [1.29, 1.82) is 0 Å². The summed E-state index contributed by atoms with van der Waals surface area (Å²) in [6, 6.07) is 3.83. The quantitative estimate of drug-likeness (QED) is 0.824. The second-order valence-electron chi connectivity index (χ2n) is 4.20. The lowest BCUT2D eigenvalue weighted by Crippen LogP contribution is -2.24. The van der Waals surface area contributed by atoms with Crippen molar-refractivity contribution < 1.29 is 13.2 Å². The largest absolute Gasteiger partial charge is 0.325 e. The van der Waals surface area contributed by atoms with Gasteiger partial charge < -0.3 is 5.73 Å². The minimum Gasteiger partial charge on any atom is -0.325 e. The monoisotopic (exact) mass is 215 g/mol. The lowest BCUT2D eigenvalue weighted by molar-refractivity contribution is 0.146. The molecule has 1 saturated carbocycles. The van der Waals surface area contributed by atoms with Gasteiger partial charge in [-0.05, 0) is 30.9 Å². The van der Waals surface area contributed by atoms with Gasteiger partial charge >= 0.3 is 0 Å². The van der Waals surface area contributed by atoms with Crippen LogP contribution in [0.4, 0.5) is 13.2 Å². The molecule has 0 aliphatic heterocycles. The van der Waals surface area contributed by atoms with E-state index in [1.165, 1.54) is 6.07 Å². The fraction of sp³-hybridized carbons (Fsp3) is 0.455. The van der Waals surface area contributed by atoms with Gasteiger partial charge in [-0.2, -0.15) is 0 Å². The highest BCUT2D eigenvalue weighted by Gasteiger charge is 2.38. The maximum Gasteiger partial charge on any atom is 0.266 e. The summed E-state index contributed by atoms with van der Waals surface area (Å²) in [7, 11) is 0. The molecule has 1 aliphatic rings. The van der Waals surface area contributed by atoms with Crippen LogP contribution in [0.1, 0.15) is 30.4 Å². The Morgan fingerprint density at radius 2 is 2.00 bits per heavy atom. The van der Waals surface area contributed by atoms with Crippen LogP contribution in [-0.4, -0.2) is 5.54 Å². The van der Waals surface area contributed by atoms with Crippen LogP contribution in [-0.2, 0) is 6.42 Å². The second kappa shape index (κ2) is 3.52. The molecule has 15 heavy (non-hydrogen) atoms. The van der Waals surface area contributed by atoms with E-state index in [-0.39, 0.29) is 5.54 Å². The summed E-state index contributed by atoms with van der Waals surface area (Å²) >= 11 is 0. The molecule has 1 aromatic carbocycles. The summed E-state index contributed by atoms with van der Waals surface area (Å²) in [6.07, 6.45) is -0.351. The maximum atomic E-state index is 13.2. The Hall–Kier alpha value is -1.03. The summed E-state index contributed by atoms with van der Waals surface area (Å²) in [6.45, 7) is 0. The molecule has 0 radical (unpaired) electrons. The van der Waals surface area contributed by atoms with Crippen molar-refractivity contribution in [2.24, 2.45) is 5.73 Å². The number of nitrogens with two attached hydrogens (primary N) is 1. The average Bonchev–Trinajstić information content (AvgIpc) is 2.82. The van der Waals surface area contributed by atoms with E-state index in [2.05, 4.69) is 0 Å². The van der Waals surface area contributed by atoms with Gasteiger partial charge in [0, 0.05) is 5.54 Å². The van der Waals surface area contributed by atoms with Gasteiger partial charge in [0.25, 0.3) is 6.43 Å². The highest BCUT2D eigenvalue weighted by atomic mass is 19.3. The van der Waals surface area contributed by atoms with Crippen molar-refractivity contribution >= 4 is 0 Å². The first-order valence-electron chi connectivity index (χ1n) is 4.86. The molecular weight excluding hydrogens is 203 g/mol. The lowest BCUT2D eigenvalue weighted by Gasteiger charge is -2.09. The molecule has 2 N–H and O–H groups in total. The third-order valence-corrected chi connectivity index (χ3v) is 2.75. The molecule has 0 amide bonds. The van der Waals surface area contributed by atoms with Crippen LogP contribution in [0.25, 0.3) is 0 Å². The van der Waals surface area contributed by atoms with Crippen LogP contribution in [0.15, 0.2) is 18.2 Å². The van der Waals surface area contributed by atoms with E-state index in [1.54, 1.807) is 0 Å². The molecule has 1 fully saturated rings. The van der Waals surface area contributed by atoms with E-state index in [0.717, 1.165) is 25.0 Å². The highest BCUT2D eigenvalue weighted by molar-refractivity contribution is 5.27. The van der Waals surface area contributed by atoms with Gasteiger partial charge in [-0.25, -0.2) is 13.2 Å². The molecule has 0 atom stereocenters. The molecule has 0 spiro atoms. The molecule has 1 nitrogen and oxygen atoms in total. The molecule has 0 saturated heterocycles. The number of rotatable bonds is 3. The summed E-state index contributed by atoms with van der Waals surface area (Å²) in [4.78, 5) is 0. The van der Waals surface area contributed by atoms with E-state index >= 15 is 0 Å². The van der Waals surface area contributed by atoms with Crippen molar-refractivity contribution in [3.8, 4) is 0 Å². The zero-order chi connectivity index (χ0) is 11.1. The van der Waals surface area contributed by atoms with Gasteiger partial charge in [-0.3, -0.25) is 0 Å². The average molecular weight is 215 g/mol. The Bertz CT molecular complexity index is 372. The molecule has 0 unspecified atom stereocenters. The first-order valence-corrected chi connectivity index (χ1v) is 4.86. The SMILES string of the molecule is NC1(Cc2ccc(C(F)F)c(F)c2)CC1. The fourth-order valence-electron chi connectivity index (χ4n) is 1.60. The van der Waals surface area contributed by atoms with Crippen LogP contribution < -0.4 is 5.73 Å². The molecule has 0 heterocycles. The van der Waals surface area contributed by atoms with Crippen molar-refractivity contribution in [3.05, 3.63) is 35.1 Å². The van der Waals surface area contributed by atoms with Gasteiger partial charge in [0.2, 0.25) is 0 Å². The van der Waals surface area contributed by atoms with Gasteiger partial charge in [0.1, 0.15) is 5.82 Å². The minimum absolute atomic E-state index is 0.223. The van der Waals surface area contributed by atoms with Crippen molar-refractivity contribution in [2.75, 3.05) is 0 Å². The lowest BCUT2D eigenvalue weighted by atomic mass is 10.0. The third-order valence-electron chi connectivity index (χ3n) is 2.75. The first kappa shape index (κ1) is 10.5. The third kappa shape index (κ3) is 2.31. The number of alkyl halides is 2. The number of hydrogen-bond acceptors (Lipinski definition) is 1. The standard InChI is InChI=1S/C11H12F3N/c12-9-5-7(6-11(15)3-4-11)1-2-8(9)10(13)14/h1-2,5,10H,3-4,6,15H2. The van der Waals surface area contributed by atoms with Crippen molar-refractivity contribution in [3.63, 3.8) is 0 Å². The van der Waals surface area contributed by atoms with Crippen LogP contribution in [0.5, 0.6) is 0 Å². The zero-order valence-corrected chi connectivity index (χ0v) is 8.14. The topological polar surface area (TPSA) is 26.0 Å². The van der Waals surface area contributed by atoms with E-state index in [1.807, 2.05) is 0 Å². The smallest absolute Gasteiger partial charge is 0.266 e. The van der Waals surface area contributed by atoms with E-state index in [4.69, 9.17) is 5.73 Å². The predicted molar refractivity (Wildman–Crippen MR) is 51.2 cm³/mol. The van der Waals surface area contributed by atoms with Crippen LogP contribution in [0.2, 0.25) is 0 Å². The Morgan fingerprint density at radius 1 is 1.33 bits per heavy atom. The molecule has 2 rings (SSSR count). The Labute approximate surface area is 86.1 Å². The highest BCUT2D eigenvalue weighted by Crippen LogP contribution is 2.36. The zero-order valence-electron chi connectivity index (χ0n) is 8.14. The number of hydrogen-bond donors (Lipinski definition) is 1. The van der Waals surface area contributed by atoms with Crippen LogP contribution >= 0.6 is 0 Å². The molecule has 1 aliphatic carbocycles. The van der Waals surface area contributed by atoms with Crippen LogP contribution in [0.3, 0.4) is 0 Å². The Balaban J connectivity index is 2.17. The van der Waals surface area contributed by atoms with Gasteiger partial charge in [0.05, 0.1) is 5.56 Å². The fourth-order valence-corrected chi connectivity index (χ4v) is 1.60. The van der Waals surface area contributed by atoms with Crippen molar-refractivity contribution in [2.45, 2.75) is 31.2 Å². The Kier molecular flexibility index (Phi) is 2.46. The van der Waals surface area contributed by atoms with Crippen LogP contribution in [0, 0.1) is 5.82 Å².